The van der Waals surface area contributed by atoms with Crippen LogP contribution in [0.5, 0.6) is 0 Å². The molecule has 86 valence electrons. The van der Waals surface area contributed by atoms with Gasteiger partial charge in [-0.15, -0.1) is 11.3 Å². The van der Waals surface area contributed by atoms with Crippen LogP contribution in [0.25, 0.3) is 0 Å². The van der Waals surface area contributed by atoms with Crippen molar-refractivity contribution in [3.05, 3.63) is 21.9 Å². The fraction of sp³-hybridized carbons (Fsp3) is 0.583. The smallest absolute Gasteiger partial charge is 0.100 e. The topological polar surface area (TPSA) is 35.8 Å². The van der Waals surface area contributed by atoms with Gasteiger partial charge < -0.3 is 5.32 Å². The van der Waals surface area contributed by atoms with Crippen LogP contribution >= 0.6 is 23.1 Å². The first-order valence-electron chi connectivity index (χ1n) is 5.57. The summed E-state index contributed by atoms with van der Waals surface area (Å²) in [6.45, 7) is 0.911. The van der Waals surface area contributed by atoms with E-state index in [9.17, 15) is 0 Å². The molecule has 0 saturated heterocycles. The Kier molecular flexibility index (Phi) is 4.28. The molecule has 1 aromatic heterocycles. The Morgan fingerprint density at radius 3 is 3.19 bits per heavy atom. The minimum absolute atomic E-state index is 0.655. The summed E-state index contributed by atoms with van der Waals surface area (Å²) >= 11 is 3.65. The molecule has 2 nitrogen and oxygen atoms in total. The molecule has 1 aliphatic carbocycles. The van der Waals surface area contributed by atoms with E-state index in [-0.39, 0.29) is 0 Å². The summed E-state index contributed by atoms with van der Waals surface area (Å²) in [6.07, 6.45) is 6.18. The van der Waals surface area contributed by atoms with Crippen LogP contribution in [-0.2, 0) is 6.54 Å². The number of hydrogen-bond donors (Lipinski definition) is 1. The second-order valence-corrected chi connectivity index (χ2v) is 6.18. The molecule has 4 heteroatoms. The van der Waals surface area contributed by atoms with Crippen molar-refractivity contribution in [2.45, 2.75) is 37.1 Å². The van der Waals surface area contributed by atoms with Crippen LogP contribution in [0, 0.1) is 11.3 Å². The highest BCUT2D eigenvalue weighted by molar-refractivity contribution is 7.99. The van der Waals surface area contributed by atoms with Crippen LogP contribution in [0.4, 0.5) is 0 Å². The van der Waals surface area contributed by atoms with Gasteiger partial charge in [0.2, 0.25) is 0 Å². The van der Waals surface area contributed by atoms with Crippen LogP contribution in [0.15, 0.2) is 11.4 Å². The van der Waals surface area contributed by atoms with Crippen LogP contribution < -0.4 is 5.32 Å². The quantitative estimate of drug-likeness (QED) is 0.895. The van der Waals surface area contributed by atoms with Crippen molar-refractivity contribution >= 4 is 23.1 Å². The second-order valence-electron chi connectivity index (χ2n) is 4.11. The summed E-state index contributed by atoms with van der Waals surface area (Å²) in [5.41, 5.74) is 0.787. The molecule has 0 spiro atoms. The van der Waals surface area contributed by atoms with Crippen molar-refractivity contribution in [3.8, 4) is 6.07 Å². The zero-order valence-electron chi connectivity index (χ0n) is 9.40. The summed E-state index contributed by atoms with van der Waals surface area (Å²) in [7, 11) is 0. The Morgan fingerprint density at radius 2 is 2.50 bits per heavy atom. The van der Waals surface area contributed by atoms with E-state index >= 15 is 0 Å². The summed E-state index contributed by atoms with van der Waals surface area (Å²) in [4.78, 5) is 1.27. The lowest BCUT2D eigenvalue weighted by atomic mass is 10.2. The number of thiophene rings is 1. The maximum absolute atomic E-state index is 8.74. The average Bonchev–Trinajstić information content (AvgIpc) is 2.94. The third kappa shape index (κ3) is 2.79. The molecule has 0 radical (unpaired) electrons. The number of hydrogen-bond acceptors (Lipinski definition) is 4. The summed E-state index contributed by atoms with van der Waals surface area (Å²) in [5, 5.41) is 15.1. The van der Waals surface area contributed by atoms with Gasteiger partial charge in [-0.2, -0.15) is 17.0 Å². The Labute approximate surface area is 105 Å². The van der Waals surface area contributed by atoms with Crippen molar-refractivity contribution in [3.63, 3.8) is 0 Å². The van der Waals surface area contributed by atoms with Crippen LogP contribution in [-0.4, -0.2) is 17.5 Å². The molecule has 1 aromatic rings. The van der Waals surface area contributed by atoms with Gasteiger partial charge in [-0.3, -0.25) is 0 Å². The molecule has 1 fully saturated rings. The lowest BCUT2D eigenvalue weighted by Crippen LogP contribution is -2.33. The number of nitrogens with zero attached hydrogens (tertiary/aromatic N) is 1. The predicted octanol–water partition coefficient (Wildman–Crippen LogP) is 2.99. The maximum Gasteiger partial charge on any atom is 0.100 e. The Balaban J connectivity index is 1.85. The molecule has 0 bridgehead atoms. The van der Waals surface area contributed by atoms with E-state index in [0.717, 1.165) is 17.4 Å². The SMILES string of the molecule is CSC1CCCC1NCc1cc(C#N)cs1. The number of rotatable bonds is 4. The summed E-state index contributed by atoms with van der Waals surface area (Å²) < 4.78 is 0. The van der Waals surface area contributed by atoms with Crippen LogP contribution in [0.2, 0.25) is 0 Å². The molecule has 16 heavy (non-hydrogen) atoms. The molecular weight excluding hydrogens is 236 g/mol. The predicted molar refractivity (Wildman–Crippen MR) is 70.8 cm³/mol. The van der Waals surface area contributed by atoms with Gasteiger partial charge in [0.1, 0.15) is 6.07 Å². The van der Waals surface area contributed by atoms with Gasteiger partial charge in [0.25, 0.3) is 0 Å². The van der Waals surface area contributed by atoms with Gasteiger partial charge in [0, 0.05) is 28.1 Å². The molecule has 2 unspecified atom stereocenters. The normalized spacial score (nSPS) is 24.5. The molecule has 1 saturated carbocycles. The van der Waals surface area contributed by atoms with Gasteiger partial charge in [0.15, 0.2) is 0 Å². The molecule has 0 aromatic carbocycles. The van der Waals surface area contributed by atoms with E-state index in [1.807, 2.05) is 23.2 Å². The molecule has 0 amide bonds. The first-order valence-corrected chi connectivity index (χ1v) is 7.74. The minimum atomic E-state index is 0.655. The van der Waals surface area contributed by atoms with Gasteiger partial charge in [0.05, 0.1) is 5.56 Å². The van der Waals surface area contributed by atoms with Crippen molar-refractivity contribution < 1.29 is 0 Å². The second kappa shape index (κ2) is 5.72. The Morgan fingerprint density at radius 1 is 1.62 bits per heavy atom. The fourth-order valence-electron chi connectivity index (χ4n) is 2.21. The van der Waals surface area contributed by atoms with Gasteiger partial charge in [-0.25, -0.2) is 0 Å². The summed E-state index contributed by atoms with van der Waals surface area (Å²) in [6, 6.07) is 4.82. The fourth-order valence-corrected chi connectivity index (χ4v) is 3.93. The lowest BCUT2D eigenvalue weighted by Gasteiger charge is -2.18. The largest absolute Gasteiger partial charge is 0.308 e. The highest BCUT2D eigenvalue weighted by Crippen LogP contribution is 2.28. The molecule has 0 aliphatic heterocycles. The Hall–Kier alpha value is -0.500. The third-order valence-electron chi connectivity index (χ3n) is 3.08. The highest BCUT2D eigenvalue weighted by Gasteiger charge is 2.25. The number of thioether (sulfide) groups is 1. The van der Waals surface area contributed by atoms with Crippen molar-refractivity contribution in [1.82, 2.24) is 5.32 Å². The lowest BCUT2D eigenvalue weighted by molar-refractivity contribution is 0.535. The van der Waals surface area contributed by atoms with Crippen molar-refractivity contribution in [1.29, 1.82) is 5.26 Å². The molecule has 1 heterocycles. The summed E-state index contributed by atoms with van der Waals surface area (Å²) in [5.74, 6) is 0. The van der Waals surface area contributed by atoms with Gasteiger partial charge in [-0.1, -0.05) is 6.42 Å². The highest BCUT2D eigenvalue weighted by atomic mass is 32.2. The van der Waals surface area contributed by atoms with Gasteiger partial charge >= 0.3 is 0 Å². The Bertz CT molecular complexity index is 381. The molecule has 2 atom stereocenters. The van der Waals surface area contributed by atoms with Crippen molar-refractivity contribution in [2.75, 3.05) is 6.26 Å². The zero-order chi connectivity index (χ0) is 11.4. The third-order valence-corrected chi connectivity index (χ3v) is 5.18. The first-order chi connectivity index (χ1) is 7.83. The molecule has 2 rings (SSSR count). The monoisotopic (exact) mass is 252 g/mol. The number of nitrogens with one attached hydrogen (secondary N) is 1. The minimum Gasteiger partial charge on any atom is -0.308 e. The van der Waals surface area contributed by atoms with Crippen molar-refractivity contribution in [2.24, 2.45) is 0 Å². The van der Waals surface area contributed by atoms with E-state index in [4.69, 9.17) is 5.26 Å². The standard InChI is InChI=1S/C12H16N2S2/c1-15-12-4-2-3-11(12)14-7-10-5-9(6-13)8-16-10/h5,8,11-12,14H,2-4,7H2,1H3. The maximum atomic E-state index is 8.74. The van der Waals surface area contributed by atoms with Crippen LogP contribution in [0.1, 0.15) is 29.7 Å². The van der Waals surface area contributed by atoms with E-state index < -0.39 is 0 Å². The molecule has 1 N–H and O–H groups in total. The average molecular weight is 252 g/mol. The van der Waals surface area contributed by atoms with Crippen LogP contribution in [0.3, 0.4) is 0 Å². The van der Waals surface area contributed by atoms with E-state index in [2.05, 4.69) is 17.6 Å². The molecule has 1 aliphatic rings. The van der Waals surface area contributed by atoms with E-state index in [1.54, 1.807) is 11.3 Å². The van der Waals surface area contributed by atoms with Gasteiger partial charge in [-0.05, 0) is 25.2 Å². The first kappa shape index (κ1) is 12.0. The number of nitriles is 1. The van der Waals surface area contributed by atoms with E-state index in [1.165, 1.54) is 24.1 Å². The zero-order valence-corrected chi connectivity index (χ0v) is 11.0. The molecular formula is C12H16N2S2. The van der Waals surface area contributed by atoms with E-state index in [0.29, 0.717) is 6.04 Å².